The number of benzene rings is 3. The highest BCUT2D eigenvalue weighted by atomic mass is 15.0. The van der Waals surface area contributed by atoms with Gasteiger partial charge in [-0.2, -0.15) is 0 Å². The van der Waals surface area contributed by atoms with Gasteiger partial charge in [-0.25, -0.2) is 0 Å². The van der Waals surface area contributed by atoms with E-state index >= 15 is 0 Å². The van der Waals surface area contributed by atoms with Crippen molar-refractivity contribution in [3.05, 3.63) is 140 Å². The fraction of sp³-hybridized carbons (Fsp3) is 0.0625. The molecular formula is C32H29N. The van der Waals surface area contributed by atoms with E-state index in [-0.39, 0.29) is 0 Å². The summed E-state index contributed by atoms with van der Waals surface area (Å²) in [6, 6.07) is 24.0. The van der Waals surface area contributed by atoms with Crippen LogP contribution in [0.5, 0.6) is 0 Å². The lowest BCUT2D eigenvalue weighted by atomic mass is 9.99. The Morgan fingerprint density at radius 2 is 1.15 bits per heavy atom. The molecule has 1 heteroatoms. The monoisotopic (exact) mass is 427 g/mol. The quantitative estimate of drug-likeness (QED) is 0.259. The van der Waals surface area contributed by atoms with Crippen LogP contribution < -0.4 is 0 Å². The van der Waals surface area contributed by atoms with E-state index in [1.807, 2.05) is 26.0 Å². The fourth-order valence-electron chi connectivity index (χ4n) is 4.35. The predicted molar refractivity (Wildman–Crippen MR) is 147 cm³/mol. The SMILES string of the molecule is C=C/C=C(\C=C/C)c1ccc2c(c1)c1cc(C(/C=C\C)=C/C=C)ccc1n2-c1ccccc1. The zero-order valence-corrected chi connectivity index (χ0v) is 19.3. The van der Waals surface area contributed by atoms with E-state index in [1.165, 1.54) is 32.9 Å². The van der Waals surface area contributed by atoms with E-state index in [1.54, 1.807) is 0 Å². The highest BCUT2D eigenvalue weighted by Gasteiger charge is 2.14. The Labute approximate surface area is 196 Å². The molecule has 4 rings (SSSR count). The van der Waals surface area contributed by atoms with E-state index in [0.29, 0.717) is 0 Å². The summed E-state index contributed by atoms with van der Waals surface area (Å²) in [4.78, 5) is 0. The van der Waals surface area contributed by atoms with Gasteiger partial charge in [0.25, 0.3) is 0 Å². The van der Waals surface area contributed by atoms with Crippen molar-refractivity contribution in [3.63, 3.8) is 0 Å². The molecule has 33 heavy (non-hydrogen) atoms. The van der Waals surface area contributed by atoms with Gasteiger partial charge < -0.3 is 4.57 Å². The zero-order chi connectivity index (χ0) is 23.2. The van der Waals surface area contributed by atoms with Crippen molar-refractivity contribution in [2.75, 3.05) is 0 Å². The molecule has 1 heterocycles. The first-order valence-electron chi connectivity index (χ1n) is 11.3. The van der Waals surface area contributed by atoms with Crippen LogP contribution in [-0.2, 0) is 0 Å². The first kappa shape index (κ1) is 22.1. The molecule has 1 nitrogen and oxygen atoms in total. The van der Waals surface area contributed by atoms with E-state index in [0.717, 1.165) is 16.8 Å². The van der Waals surface area contributed by atoms with Gasteiger partial charge in [0.2, 0.25) is 0 Å². The van der Waals surface area contributed by atoms with Crippen molar-refractivity contribution in [2.24, 2.45) is 0 Å². The summed E-state index contributed by atoms with van der Waals surface area (Å²) in [6.45, 7) is 11.9. The first-order valence-corrected chi connectivity index (χ1v) is 11.3. The van der Waals surface area contributed by atoms with Gasteiger partial charge in [-0.1, -0.05) is 92.1 Å². The molecule has 4 aromatic rings. The fourth-order valence-corrected chi connectivity index (χ4v) is 4.35. The van der Waals surface area contributed by atoms with Gasteiger partial charge in [-0.15, -0.1) is 0 Å². The number of hydrogen-bond acceptors (Lipinski definition) is 0. The summed E-state index contributed by atoms with van der Waals surface area (Å²) in [5.41, 5.74) is 8.18. The van der Waals surface area contributed by atoms with Crippen LogP contribution in [0.4, 0.5) is 0 Å². The minimum Gasteiger partial charge on any atom is -0.309 e. The average molecular weight is 428 g/mol. The van der Waals surface area contributed by atoms with Crippen LogP contribution in [0.25, 0.3) is 38.6 Å². The number of nitrogens with zero attached hydrogens (tertiary/aromatic N) is 1. The van der Waals surface area contributed by atoms with E-state index in [9.17, 15) is 0 Å². The lowest BCUT2D eigenvalue weighted by Crippen LogP contribution is -1.93. The van der Waals surface area contributed by atoms with E-state index in [2.05, 4.69) is 121 Å². The standard InChI is InChI=1S/C32H29N/c1-5-12-24(13-6-2)26-18-20-31-29(22-26)30-23-27(25(14-7-3)15-8-4)19-21-32(30)33(31)28-16-10-9-11-17-28/h5-23H,1,3H2,2,4H3/b13-6-,15-8-,24-12+,25-14+. The summed E-state index contributed by atoms with van der Waals surface area (Å²) in [7, 11) is 0. The summed E-state index contributed by atoms with van der Waals surface area (Å²) in [6.07, 6.45) is 16.2. The second kappa shape index (κ2) is 10.0. The Hall–Kier alpha value is -4.10. The van der Waals surface area contributed by atoms with Crippen LogP contribution in [0.1, 0.15) is 25.0 Å². The molecule has 0 saturated carbocycles. The Morgan fingerprint density at radius 3 is 1.58 bits per heavy atom. The third-order valence-electron chi connectivity index (χ3n) is 5.73. The summed E-state index contributed by atoms with van der Waals surface area (Å²) >= 11 is 0. The number of para-hydroxylation sites is 1. The van der Waals surface area contributed by atoms with Crippen LogP contribution >= 0.6 is 0 Å². The first-order chi connectivity index (χ1) is 16.2. The molecule has 162 valence electrons. The molecule has 0 fully saturated rings. The Bertz CT molecular complexity index is 1350. The molecule has 0 bridgehead atoms. The molecule has 0 aliphatic heterocycles. The van der Waals surface area contributed by atoms with Crippen molar-refractivity contribution in [2.45, 2.75) is 13.8 Å². The van der Waals surface area contributed by atoms with Gasteiger partial charge >= 0.3 is 0 Å². The number of hydrogen-bond donors (Lipinski definition) is 0. The van der Waals surface area contributed by atoms with Crippen molar-refractivity contribution < 1.29 is 0 Å². The highest BCUT2D eigenvalue weighted by molar-refractivity contribution is 6.11. The maximum Gasteiger partial charge on any atom is 0.0541 e. The highest BCUT2D eigenvalue weighted by Crippen LogP contribution is 2.36. The average Bonchev–Trinajstić information content (AvgIpc) is 3.17. The number of fused-ring (bicyclic) bond motifs is 3. The van der Waals surface area contributed by atoms with Gasteiger partial charge in [0, 0.05) is 16.5 Å². The second-order valence-electron chi connectivity index (χ2n) is 7.85. The smallest absolute Gasteiger partial charge is 0.0541 e. The van der Waals surface area contributed by atoms with Gasteiger partial charge in [-0.05, 0) is 72.5 Å². The van der Waals surface area contributed by atoms with Crippen molar-refractivity contribution in [1.29, 1.82) is 0 Å². The van der Waals surface area contributed by atoms with Crippen LogP contribution in [0.3, 0.4) is 0 Å². The van der Waals surface area contributed by atoms with Crippen molar-refractivity contribution in [1.82, 2.24) is 4.57 Å². The second-order valence-corrected chi connectivity index (χ2v) is 7.85. The van der Waals surface area contributed by atoms with Crippen molar-refractivity contribution >= 4 is 33.0 Å². The van der Waals surface area contributed by atoms with Crippen LogP contribution in [-0.4, -0.2) is 4.57 Å². The lowest BCUT2D eigenvalue weighted by molar-refractivity contribution is 1.18. The topological polar surface area (TPSA) is 4.93 Å². The van der Waals surface area contributed by atoms with E-state index < -0.39 is 0 Å². The maximum absolute atomic E-state index is 3.90. The Kier molecular flexibility index (Phi) is 6.71. The van der Waals surface area contributed by atoms with Gasteiger partial charge in [0.15, 0.2) is 0 Å². The molecule has 0 atom stereocenters. The third kappa shape index (κ3) is 4.31. The number of aromatic nitrogens is 1. The molecule has 0 spiro atoms. The molecule has 0 saturated heterocycles. The predicted octanol–water partition coefficient (Wildman–Crippen LogP) is 9.07. The number of allylic oxidation sites excluding steroid dienone is 10. The molecule has 0 aliphatic rings. The summed E-state index contributed by atoms with van der Waals surface area (Å²) in [5.74, 6) is 0. The van der Waals surface area contributed by atoms with Gasteiger partial charge in [-0.3, -0.25) is 0 Å². The molecule has 0 unspecified atom stereocenters. The molecule has 3 aromatic carbocycles. The van der Waals surface area contributed by atoms with Gasteiger partial charge in [0.1, 0.15) is 0 Å². The van der Waals surface area contributed by atoms with E-state index in [4.69, 9.17) is 0 Å². The minimum absolute atomic E-state index is 1.15. The molecular weight excluding hydrogens is 398 g/mol. The lowest BCUT2D eigenvalue weighted by Gasteiger charge is -2.08. The minimum atomic E-state index is 1.15. The number of rotatable bonds is 7. The summed E-state index contributed by atoms with van der Waals surface area (Å²) in [5, 5.41) is 2.46. The van der Waals surface area contributed by atoms with Gasteiger partial charge in [0.05, 0.1) is 11.0 Å². The maximum atomic E-state index is 3.90. The Balaban J connectivity index is 2.08. The molecule has 1 aromatic heterocycles. The molecule has 0 amide bonds. The van der Waals surface area contributed by atoms with Crippen LogP contribution in [0, 0.1) is 0 Å². The van der Waals surface area contributed by atoms with Crippen LogP contribution in [0.2, 0.25) is 0 Å². The zero-order valence-electron chi connectivity index (χ0n) is 19.3. The molecule has 0 aliphatic carbocycles. The molecule has 0 radical (unpaired) electrons. The van der Waals surface area contributed by atoms with Crippen molar-refractivity contribution in [3.8, 4) is 5.69 Å². The Morgan fingerprint density at radius 1 is 0.667 bits per heavy atom. The summed E-state index contributed by atoms with van der Waals surface area (Å²) < 4.78 is 2.34. The van der Waals surface area contributed by atoms with Crippen LogP contribution in [0.15, 0.2) is 128 Å². The third-order valence-corrected chi connectivity index (χ3v) is 5.73. The normalized spacial score (nSPS) is 12.9. The largest absolute Gasteiger partial charge is 0.309 e. The molecule has 0 N–H and O–H groups in total.